The van der Waals surface area contributed by atoms with Crippen molar-refractivity contribution in [1.82, 2.24) is 10.2 Å². The number of benzene rings is 3. The monoisotopic (exact) mass is 707 g/mol. The molecular formula is C33H37BrF3N3O4S. The van der Waals surface area contributed by atoms with Crippen LogP contribution < -0.4 is 9.62 Å². The lowest BCUT2D eigenvalue weighted by Gasteiger charge is -2.33. The van der Waals surface area contributed by atoms with E-state index in [0.29, 0.717) is 0 Å². The van der Waals surface area contributed by atoms with Gasteiger partial charge in [-0.05, 0) is 60.7 Å². The Kier molecular flexibility index (Phi) is 11.7. The molecule has 1 aliphatic rings. The highest BCUT2D eigenvalue weighted by atomic mass is 79.9. The normalized spacial score (nSPS) is 14.6. The van der Waals surface area contributed by atoms with Gasteiger partial charge in [-0.3, -0.25) is 13.9 Å². The van der Waals surface area contributed by atoms with Crippen LogP contribution in [0.5, 0.6) is 0 Å². The molecule has 1 aliphatic carbocycles. The zero-order valence-corrected chi connectivity index (χ0v) is 27.4. The molecule has 7 nitrogen and oxygen atoms in total. The number of nitrogens with one attached hydrogen (secondary N) is 1. The van der Waals surface area contributed by atoms with E-state index < -0.39 is 27.8 Å². The van der Waals surface area contributed by atoms with Crippen LogP contribution in [0, 0.1) is 0 Å². The molecule has 2 amide bonds. The highest BCUT2D eigenvalue weighted by molar-refractivity contribution is 9.10. The van der Waals surface area contributed by atoms with Gasteiger partial charge in [-0.15, -0.1) is 0 Å². The number of hydrogen-bond donors (Lipinski definition) is 1. The number of amides is 2. The summed E-state index contributed by atoms with van der Waals surface area (Å²) >= 11 is 3.47. The molecule has 3 aromatic rings. The molecule has 4 rings (SSSR count). The second-order valence-corrected chi connectivity index (χ2v) is 14.2. The van der Waals surface area contributed by atoms with E-state index in [1.165, 1.54) is 11.0 Å². The lowest BCUT2D eigenvalue weighted by atomic mass is 10.0. The summed E-state index contributed by atoms with van der Waals surface area (Å²) in [5.41, 5.74) is 0.570. The summed E-state index contributed by atoms with van der Waals surface area (Å²) in [4.78, 5) is 29.3. The van der Waals surface area contributed by atoms with Crippen LogP contribution in [-0.2, 0) is 38.8 Å². The molecular weight excluding hydrogens is 671 g/mol. The molecule has 1 saturated carbocycles. The predicted molar refractivity (Wildman–Crippen MR) is 172 cm³/mol. The summed E-state index contributed by atoms with van der Waals surface area (Å²) in [6, 6.07) is 20.1. The fourth-order valence-electron chi connectivity index (χ4n) is 5.59. The fraction of sp³-hybridized carbons (Fsp3) is 0.394. The zero-order chi connectivity index (χ0) is 32.6. The first kappa shape index (κ1) is 34.5. The Bertz CT molecular complexity index is 1560. The number of carbonyl (C=O) groups excluding carboxylic acids is 2. The Labute approximate surface area is 271 Å². The zero-order valence-electron chi connectivity index (χ0n) is 25.0. The van der Waals surface area contributed by atoms with Gasteiger partial charge in [-0.1, -0.05) is 77.3 Å². The summed E-state index contributed by atoms with van der Waals surface area (Å²) in [6.45, 7) is -0.0779. The van der Waals surface area contributed by atoms with Crippen molar-refractivity contribution >= 4 is 43.5 Å². The summed E-state index contributed by atoms with van der Waals surface area (Å²) < 4.78 is 67.0. The van der Waals surface area contributed by atoms with Crippen LogP contribution in [0.15, 0.2) is 83.3 Å². The fourth-order valence-corrected chi connectivity index (χ4v) is 7.00. The summed E-state index contributed by atoms with van der Waals surface area (Å²) in [5.74, 6) is -0.620. The number of carbonyl (C=O) groups is 2. The van der Waals surface area contributed by atoms with Gasteiger partial charge in [-0.25, -0.2) is 8.42 Å². The summed E-state index contributed by atoms with van der Waals surface area (Å²) in [7, 11) is -3.96. The van der Waals surface area contributed by atoms with Crippen LogP contribution in [-0.4, -0.2) is 50.0 Å². The van der Waals surface area contributed by atoms with Gasteiger partial charge >= 0.3 is 6.18 Å². The van der Waals surface area contributed by atoms with E-state index in [1.54, 1.807) is 0 Å². The van der Waals surface area contributed by atoms with Gasteiger partial charge in [0.05, 0.1) is 17.5 Å². The third-order valence-electron chi connectivity index (χ3n) is 7.83. The summed E-state index contributed by atoms with van der Waals surface area (Å²) in [6.07, 6.45) is 0.252. The molecule has 0 aromatic heterocycles. The Hall–Kier alpha value is -3.38. The molecule has 1 atom stereocenters. The highest BCUT2D eigenvalue weighted by Gasteiger charge is 2.33. The SMILES string of the molecule is CS(=O)(=O)N(CCCC(=O)N(Cc1cccc(Br)c1)[C@@H](Cc1ccccc1)C(=O)NC1CCCC1)c1cccc(C(F)(F)F)c1. The third kappa shape index (κ3) is 10.1. The van der Waals surface area contributed by atoms with Gasteiger partial charge < -0.3 is 10.2 Å². The molecule has 3 aromatic carbocycles. The van der Waals surface area contributed by atoms with Crippen molar-refractivity contribution in [3.63, 3.8) is 0 Å². The van der Waals surface area contributed by atoms with Crippen LogP contribution >= 0.6 is 15.9 Å². The minimum absolute atomic E-state index is 0.0272. The van der Waals surface area contributed by atoms with Gasteiger partial charge in [0.25, 0.3) is 0 Å². The molecule has 12 heteroatoms. The first-order valence-electron chi connectivity index (χ1n) is 14.8. The van der Waals surface area contributed by atoms with Crippen molar-refractivity contribution in [2.24, 2.45) is 0 Å². The molecule has 1 fully saturated rings. The number of alkyl halides is 3. The lowest BCUT2D eigenvalue weighted by Crippen LogP contribution is -2.52. The molecule has 0 aliphatic heterocycles. The molecule has 0 bridgehead atoms. The molecule has 45 heavy (non-hydrogen) atoms. The predicted octanol–water partition coefficient (Wildman–Crippen LogP) is 6.71. The van der Waals surface area contributed by atoms with Crippen molar-refractivity contribution in [2.75, 3.05) is 17.1 Å². The maximum atomic E-state index is 14.0. The Morgan fingerprint density at radius 3 is 2.27 bits per heavy atom. The van der Waals surface area contributed by atoms with Gasteiger partial charge in [0, 0.05) is 36.4 Å². The molecule has 0 spiro atoms. The first-order chi connectivity index (χ1) is 21.3. The number of halogens is 4. The average Bonchev–Trinajstić information content (AvgIpc) is 3.49. The topological polar surface area (TPSA) is 86.8 Å². The number of sulfonamides is 1. The molecule has 0 heterocycles. The van der Waals surface area contributed by atoms with Crippen LogP contribution in [0.25, 0.3) is 0 Å². The van der Waals surface area contributed by atoms with Gasteiger partial charge in [0.1, 0.15) is 6.04 Å². The van der Waals surface area contributed by atoms with Crippen LogP contribution in [0.2, 0.25) is 0 Å². The van der Waals surface area contributed by atoms with E-state index in [0.717, 1.165) is 70.0 Å². The Morgan fingerprint density at radius 2 is 1.62 bits per heavy atom. The van der Waals surface area contributed by atoms with E-state index >= 15 is 0 Å². The second-order valence-electron chi connectivity index (χ2n) is 11.3. The van der Waals surface area contributed by atoms with Crippen LogP contribution in [0.1, 0.15) is 55.2 Å². The smallest absolute Gasteiger partial charge is 0.352 e. The molecule has 242 valence electrons. The second kappa shape index (κ2) is 15.3. The van der Waals surface area contributed by atoms with E-state index in [1.807, 2.05) is 54.6 Å². The summed E-state index contributed by atoms with van der Waals surface area (Å²) in [5, 5.41) is 3.14. The third-order valence-corrected chi connectivity index (χ3v) is 9.52. The number of anilines is 1. The molecule has 0 unspecified atom stereocenters. The number of hydrogen-bond acceptors (Lipinski definition) is 4. The highest BCUT2D eigenvalue weighted by Crippen LogP contribution is 2.32. The van der Waals surface area contributed by atoms with Gasteiger partial charge in [0.2, 0.25) is 21.8 Å². The maximum Gasteiger partial charge on any atom is 0.416 e. The molecule has 1 N–H and O–H groups in total. The van der Waals surface area contributed by atoms with Crippen molar-refractivity contribution in [3.05, 3.63) is 100 Å². The maximum absolute atomic E-state index is 14.0. The van der Waals surface area contributed by atoms with Crippen molar-refractivity contribution < 1.29 is 31.2 Å². The quantitative estimate of drug-likeness (QED) is 0.214. The van der Waals surface area contributed by atoms with E-state index in [-0.39, 0.29) is 55.9 Å². The van der Waals surface area contributed by atoms with E-state index in [9.17, 15) is 31.2 Å². The standard InChI is InChI=1S/C33H37BrF3N3O4S/c1-45(43,44)40(29-17-8-13-26(22-29)33(35,36)37)19-9-18-31(41)39(23-25-12-7-14-27(34)20-25)30(21-24-10-3-2-4-11-24)32(42)38-28-15-5-6-16-28/h2-4,7-8,10-14,17,20,22,28,30H,5-6,9,15-16,18-19,21,23H2,1H3,(H,38,42)/t30-/m0/s1. The minimum atomic E-state index is -4.64. The van der Waals surface area contributed by atoms with Crippen LogP contribution in [0.3, 0.4) is 0 Å². The number of rotatable bonds is 13. The minimum Gasteiger partial charge on any atom is -0.352 e. The van der Waals surface area contributed by atoms with Crippen molar-refractivity contribution in [2.45, 2.75) is 69.8 Å². The largest absolute Gasteiger partial charge is 0.416 e. The Balaban J connectivity index is 1.59. The average molecular weight is 709 g/mol. The van der Waals surface area contributed by atoms with Gasteiger partial charge in [-0.2, -0.15) is 13.2 Å². The van der Waals surface area contributed by atoms with E-state index in [4.69, 9.17) is 0 Å². The van der Waals surface area contributed by atoms with Crippen LogP contribution in [0.4, 0.5) is 18.9 Å². The molecule has 0 radical (unpaired) electrons. The van der Waals surface area contributed by atoms with Gasteiger partial charge in [0.15, 0.2) is 0 Å². The lowest BCUT2D eigenvalue weighted by molar-refractivity contribution is -0.141. The first-order valence-corrected chi connectivity index (χ1v) is 17.5. The molecule has 0 saturated heterocycles. The Morgan fingerprint density at radius 1 is 0.956 bits per heavy atom. The number of nitrogens with zero attached hydrogens (tertiary/aromatic N) is 2. The van der Waals surface area contributed by atoms with Crippen molar-refractivity contribution in [3.8, 4) is 0 Å². The van der Waals surface area contributed by atoms with E-state index in [2.05, 4.69) is 21.2 Å². The van der Waals surface area contributed by atoms with Crippen molar-refractivity contribution in [1.29, 1.82) is 0 Å².